The molecule has 0 spiro atoms. The van der Waals surface area contributed by atoms with Crippen molar-refractivity contribution in [2.24, 2.45) is 7.05 Å². The van der Waals surface area contributed by atoms with Crippen molar-refractivity contribution >= 4 is 17.5 Å². The first-order valence-electron chi connectivity index (χ1n) is 6.88. The first-order valence-corrected chi connectivity index (χ1v) is 7.26. The van der Waals surface area contributed by atoms with Crippen molar-refractivity contribution in [2.45, 2.75) is 12.1 Å². The van der Waals surface area contributed by atoms with Gasteiger partial charge < -0.3 is 15.7 Å². The fourth-order valence-electron chi connectivity index (χ4n) is 2.14. The highest BCUT2D eigenvalue weighted by Crippen LogP contribution is 2.16. The molecule has 118 valence electrons. The van der Waals surface area contributed by atoms with Crippen LogP contribution in [0.1, 0.15) is 23.3 Å². The van der Waals surface area contributed by atoms with Crippen LogP contribution in [0.25, 0.3) is 0 Å². The van der Waals surface area contributed by atoms with Crippen LogP contribution in [0.2, 0.25) is 5.02 Å². The molecule has 0 bridgehead atoms. The number of aromatic nitrogens is 2. The van der Waals surface area contributed by atoms with Gasteiger partial charge in [-0.1, -0.05) is 23.7 Å². The number of rotatable bonds is 6. The molecule has 0 saturated heterocycles. The van der Waals surface area contributed by atoms with Crippen LogP contribution >= 0.6 is 11.6 Å². The summed E-state index contributed by atoms with van der Waals surface area (Å²) in [5.74, 6) is -0.219. The second-order valence-electron chi connectivity index (χ2n) is 4.98. The third-order valence-electron chi connectivity index (χ3n) is 3.33. The highest BCUT2D eigenvalue weighted by Gasteiger charge is 2.20. The van der Waals surface area contributed by atoms with Crippen LogP contribution in [0.15, 0.2) is 36.7 Å². The van der Waals surface area contributed by atoms with Crippen LogP contribution in [-0.2, 0) is 11.8 Å². The summed E-state index contributed by atoms with van der Waals surface area (Å²) in [5.41, 5.74) is 1.47. The molecule has 1 amide bonds. The van der Waals surface area contributed by atoms with Crippen molar-refractivity contribution in [1.29, 1.82) is 0 Å². The summed E-state index contributed by atoms with van der Waals surface area (Å²) in [4.78, 5) is 12.2. The van der Waals surface area contributed by atoms with Gasteiger partial charge in [0.15, 0.2) is 0 Å². The highest BCUT2D eigenvalue weighted by atomic mass is 35.5. The molecule has 2 aromatic rings. The predicted octanol–water partition coefficient (Wildman–Crippen LogP) is 1.18. The number of nitrogens with one attached hydrogen (secondary N) is 2. The van der Waals surface area contributed by atoms with E-state index in [1.807, 2.05) is 0 Å². The molecular formula is C15H19ClN4O2. The van der Waals surface area contributed by atoms with Crippen molar-refractivity contribution in [3.8, 4) is 0 Å². The number of nitrogens with zero attached hydrogens (tertiary/aromatic N) is 2. The third kappa shape index (κ3) is 4.07. The largest absolute Gasteiger partial charge is 0.387 e. The Bertz CT molecular complexity index is 627. The smallest absolute Gasteiger partial charge is 0.241 e. The average molecular weight is 323 g/mol. The van der Waals surface area contributed by atoms with E-state index in [1.165, 1.54) is 0 Å². The zero-order valence-corrected chi connectivity index (χ0v) is 13.2. The zero-order valence-electron chi connectivity index (χ0n) is 12.5. The first kappa shape index (κ1) is 16.5. The molecule has 6 nitrogen and oxygen atoms in total. The first-order chi connectivity index (χ1) is 10.5. The number of carbonyl (C=O) groups excluding carboxylic acids is 1. The van der Waals surface area contributed by atoms with E-state index in [4.69, 9.17) is 11.6 Å². The minimum atomic E-state index is -0.785. The Morgan fingerprint density at radius 1 is 1.36 bits per heavy atom. The predicted molar refractivity (Wildman–Crippen MR) is 84.4 cm³/mol. The Morgan fingerprint density at radius 2 is 2.05 bits per heavy atom. The maximum absolute atomic E-state index is 12.2. The van der Waals surface area contributed by atoms with E-state index in [0.29, 0.717) is 10.6 Å². The van der Waals surface area contributed by atoms with Gasteiger partial charge in [-0.05, 0) is 24.7 Å². The molecule has 22 heavy (non-hydrogen) atoms. The molecule has 2 unspecified atom stereocenters. The number of aryl methyl sites for hydroxylation is 1. The molecule has 7 heteroatoms. The van der Waals surface area contributed by atoms with Gasteiger partial charge in [0, 0.05) is 30.4 Å². The Balaban J connectivity index is 1.94. The third-order valence-corrected chi connectivity index (χ3v) is 3.59. The summed E-state index contributed by atoms with van der Waals surface area (Å²) < 4.78 is 1.63. The molecule has 3 N–H and O–H groups in total. The summed E-state index contributed by atoms with van der Waals surface area (Å²) >= 11 is 5.81. The minimum Gasteiger partial charge on any atom is -0.387 e. The van der Waals surface area contributed by atoms with Crippen LogP contribution in [0, 0.1) is 0 Å². The molecule has 0 aliphatic carbocycles. The summed E-state index contributed by atoms with van der Waals surface area (Å²) in [6.07, 6.45) is 2.62. The normalized spacial score (nSPS) is 13.6. The second-order valence-corrected chi connectivity index (χ2v) is 5.42. The van der Waals surface area contributed by atoms with Crippen molar-refractivity contribution in [3.05, 3.63) is 52.8 Å². The van der Waals surface area contributed by atoms with Gasteiger partial charge in [-0.3, -0.25) is 9.48 Å². The van der Waals surface area contributed by atoms with Crippen LogP contribution in [-0.4, -0.2) is 34.4 Å². The fraction of sp³-hybridized carbons (Fsp3) is 0.333. The maximum Gasteiger partial charge on any atom is 0.241 e. The van der Waals surface area contributed by atoms with E-state index in [2.05, 4.69) is 15.7 Å². The second kappa shape index (κ2) is 7.40. The quantitative estimate of drug-likeness (QED) is 0.746. The van der Waals surface area contributed by atoms with E-state index in [-0.39, 0.29) is 12.5 Å². The van der Waals surface area contributed by atoms with Gasteiger partial charge in [-0.25, -0.2) is 0 Å². The standard InChI is InChI=1S/C15H19ClN4O2/c1-17-14(11-7-19-20(2)9-11)15(22)18-8-13(21)10-3-5-12(16)6-4-10/h3-7,9,13-14,17,21H,8H2,1-2H3,(H,18,22). The van der Waals surface area contributed by atoms with Gasteiger partial charge in [-0.15, -0.1) is 0 Å². The van der Waals surface area contributed by atoms with Gasteiger partial charge in [0.2, 0.25) is 5.91 Å². The van der Waals surface area contributed by atoms with Crippen LogP contribution < -0.4 is 10.6 Å². The molecule has 1 aromatic carbocycles. The van der Waals surface area contributed by atoms with E-state index >= 15 is 0 Å². The number of aliphatic hydroxyl groups excluding tert-OH is 1. The van der Waals surface area contributed by atoms with Crippen LogP contribution in [0.4, 0.5) is 0 Å². The lowest BCUT2D eigenvalue weighted by Crippen LogP contribution is -2.37. The van der Waals surface area contributed by atoms with E-state index in [9.17, 15) is 9.90 Å². The van der Waals surface area contributed by atoms with Crippen molar-refractivity contribution < 1.29 is 9.90 Å². The van der Waals surface area contributed by atoms with Gasteiger partial charge in [0.1, 0.15) is 6.04 Å². The van der Waals surface area contributed by atoms with E-state index in [1.54, 1.807) is 55.4 Å². The number of halogens is 1. The maximum atomic E-state index is 12.2. The summed E-state index contributed by atoms with van der Waals surface area (Å²) in [7, 11) is 3.49. The molecule has 2 rings (SSSR count). The zero-order chi connectivity index (χ0) is 16.1. The molecule has 2 atom stereocenters. The number of amides is 1. The molecule has 1 heterocycles. The number of hydrogen-bond acceptors (Lipinski definition) is 4. The van der Waals surface area contributed by atoms with E-state index in [0.717, 1.165) is 5.56 Å². The molecule has 0 saturated carbocycles. The van der Waals surface area contributed by atoms with Crippen LogP contribution in [0.5, 0.6) is 0 Å². The number of carbonyl (C=O) groups is 1. The van der Waals surface area contributed by atoms with E-state index < -0.39 is 12.1 Å². The van der Waals surface area contributed by atoms with Crippen LogP contribution in [0.3, 0.4) is 0 Å². The lowest BCUT2D eigenvalue weighted by molar-refractivity contribution is -0.123. The van der Waals surface area contributed by atoms with Gasteiger partial charge in [0.25, 0.3) is 0 Å². The molecule has 1 aromatic heterocycles. The topological polar surface area (TPSA) is 79.2 Å². The lowest BCUT2D eigenvalue weighted by atomic mass is 10.1. The lowest BCUT2D eigenvalue weighted by Gasteiger charge is -2.17. The van der Waals surface area contributed by atoms with Crippen molar-refractivity contribution in [2.75, 3.05) is 13.6 Å². The summed E-state index contributed by atoms with van der Waals surface area (Å²) in [5, 5.41) is 20.4. The fourth-order valence-corrected chi connectivity index (χ4v) is 2.27. The molecule has 0 aliphatic rings. The molecule has 0 aliphatic heterocycles. The number of likely N-dealkylation sites (N-methyl/N-ethyl adjacent to an activating group) is 1. The SMILES string of the molecule is CNC(C(=O)NCC(O)c1ccc(Cl)cc1)c1cnn(C)c1. The monoisotopic (exact) mass is 322 g/mol. The molecule has 0 fully saturated rings. The van der Waals surface area contributed by atoms with Gasteiger partial charge in [0.05, 0.1) is 12.3 Å². The molecule has 0 radical (unpaired) electrons. The minimum absolute atomic E-state index is 0.124. The highest BCUT2D eigenvalue weighted by molar-refractivity contribution is 6.30. The Morgan fingerprint density at radius 3 is 2.59 bits per heavy atom. The summed E-state index contributed by atoms with van der Waals surface area (Å²) in [6, 6.07) is 6.36. The number of benzene rings is 1. The Hall–Kier alpha value is -1.89. The number of hydrogen-bond donors (Lipinski definition) is 3. The van der Waals surface area contributed by atoms with Gasteiger partial charge in [-0.2, -0.15) is 5.10 Å². The Kier molecular flexibility index (Phi) is 5.54. The number of aliphatic hydroxyl groups is 1. The summed E-state index contributed by atoms with van der Waals surface area (Å²) in [6.45, 7) is 0.124. The van der Waals surface area contributed by atoms with Crippen molar-refractivity contribution in [1.82, 2.24) is 20.4 Å². The average Bonchev–Trinajstić information content (AvgIpc) is 2.92. The van der Waals surface area contributed by atoms with Gasteiger partial charge >= 0.3 is 0 Å². The Labute approximate surface area is 134 Å². The van der Waals surface area contributed by atoms with Crippen molar-refractivity contribution in [3.63, 3.8) is 0 Å². The molecular weight excluding hydrogens is 304 g/mol.